The van der Waals surface area contributed by atoms with E-state index in [0.717, 1.165) is 55.7 Å². The van der Waals surface area contributed by atoms with Crippen molar-refractivity contribution in [3.05, 3.63) is 159 Å². The molecule has 7 nitrogen and oxygen atoms in total. The SMILES string of the molecule is O=[N+]([O-])c1ccc(C#Cc2c3nc(c(-c4ccccc4)c4ccc(cc5ccc([nH]5)c(-c5ccccc5)c5nc2C=C5)[nH]4)C=C3)cc1. The van der Waals surface area contributed by atoms with Gasteiger partial charge >= 0.3 is 0 Å². The van der Waals surface area contributed by atoms with Gasteiger partial charge in [-0.05, 0) is 77.9 Å². The molecule has 2 aliphatic heterocycles. The van der Waals surface area contributed by atoms with Crippen LogP contribution in [0.25, 0.3) is 68.6 Å². The molecule has 7 heteroatoms. The van der Waals surface area contributed by atoms with E-state index in [1.807, 2.05) is 60.7 Å². The predicted octanol–water partition coefficient (Wildman–Crippen LogP) is 9.30. The minimum absolute atomic E-state index is 0.0168. The molecular weight excluding hydrogens is 582 g/mol. The van der Waals surface area contributed by atoms with Crippen molar-refractivity contribution in [2.24, 2.45) is 0 Å². The first-order chi connectivity index (χ1) is 23.1. The van der Waals surface area contributed by atoms with Crippen molar-refractivity contribution in [2.45, 2.75) is 0 Å². The Hall–Kier alpha value is -6.78. The number of nitro groups is 1. The first-order valence-electron chi connectivity index (χ1n) is 15.1. The fourth-order valence-corrected chi connectivity index (χ4v) is 5.89. The van der Waals surface area contributed by atoms with Gasteiger partial charge in [0.15, 0.2) is 0 Å². The second-order valence-electron chi connectivity index (χ2n) is 11.1. The van der Waals surface area contributed by atoms with Crippen LogP contribution in [0, 0.1) is 22.0 Å². The van der Waals surface area contributed by atoms with E-state index in [1.165, 1.54) is 12.1 Å². The third-order valence-electron chi connectivity index (χ3n) is 8.11. The van der Waals surface area contributed by atoms with Gasteiger partial charge in [0.2, 0.25) is 0 Å². The average molecular weight is 608 g/mol. The summed E-state index contributed by atoms with van der Waals surface area (Å²) in [4.78, 5) is 28.3. The van der Waals surface area contributed by atoms with E-state index in [1.54, 1.807) is 12.1 Å². The van der Waals surface area contributed by atoms with Crippen LogP contribution in [0.15, 0.2) is 115 Å². The van der Waals surface area contributed by atoms with Crippen molar-refractivity contribution in [2.75, 3.05) is 0 Å². The number of aromatic amines is 2. The van der Waals surface area contributed by atoms with Crippen LogP contribution in [0.2, 0.25) is 0 Å². The highest BCUT2D eigenvalue weighted by Gasteiger charge is 2.17. The highest BCUT2D eigenvalue weighted by Crippen LogP contribution is 2.33. The number of non-ortho nitro benzene ring substituents is 1. The highest BCUT2D eigenvalue weighted by molar-refractivity contribution is 5.94. The fraction of sp³-hybridized carbons (Fsp3) is 0. The van der Waals surface area contributed by atoms with Gasteiger partial charge in [-0.15, -0.1) is 0 Å². The molecule has 3 aromatic heterocycles. The average Bonchev–Trinajstić information content (AvgIpc) is 3.93. The largest absolute Gasteiger partial charge is 0.355 e. The second kappa shape index (κ2) is 11.6. The first kappa shape index (κ1) is 27.7. The van der Waals surface area contributed by atoms with Gasteiger partial charge < -0.3 is 9.97 Å². The number of hydrogen-bond acceptors (Lipinski definition) is 4. The molecule has 0 radical (unpaired) electrons. The van der Waals surface area contributed by atoms with Crippen LogP contribution in [0.5, 0.6) is 0 Å². The first-order valence-corrected chi connectivity index (χ1v) is 15.1. The molecule has 2 N–H and O–H groups in total. The van der Waals surface area contributed by atoms with Gasteiger partial charge in [-0.1, -0.05) is 72.5 Å². The normalized spacial score (nSPS) is 11.7. The van der Waals surface area contributed by atoms with Crippen molar-refractivity contribution < 1.29 is 4.92 Å². The lowest BCUT2D eigenvalue weighted by atomic mass is 10.0. The van der Waals surface area contributed by atoms with Crippen LogP contribution >= 0.6 is 0 Å². The zero-order valence-electron chi connectivity index (χ0n) is 24.9. The summed E-state index contributed by atoms with van der Waals surface area (Å²) in [6.45, 7) is 0. The van der Waals surface area contributed by atoms with Crippen LogP contribution in [-0.2, 0) is 0 Å². The molecule has 0 aliphatic carbocycles. The van der Waals surface area contributed by atoms with Crippen molar-refractivity contribution >= 4 is 52.1 Å². The number of aromatic nitrogens is 4. The van der Waals surface area contributed by atoms with E-state index in [2.05, 4.69) is 76.4 Å². The van der Waals surface area contributed by atoms with E-state index in [9.17, 15) is 10.1 Å². The lowest BCUT2D eigenvalue weighted by Gasteiger charge is -2.04. The Bertz CT molecular complexity index is 2340. The summed E-state index contributed by atoms with van der Waals surface area (Å²) in [5, 5.41) is 11.2. The van der Waals surface area contributed by atoms with Crippen molar-refractivity contribution in [3.8, 4) is 34.1 Å². The van der Waals surface area contributed by atoms with E-state index in [4.69, 9.17) is 9.97 Å². The van der Waals surface area contributed by atoms with Crippen LogP contribution in [0.4, 0.5) is 5.69 Å². The Morgan fingerprint density at radius 1 is 0.553 bits per heavy atom. The Labute approximate surface area is 269 Å². The van der Waals surface area contributed by atoms with Gasteiger partial charge in [0, 0.05) is 50.9 Å². The van der Waals surface area contributed by atoms with Crippen molar-refractivity contribution in [1.29, 1.82) is 0 Å². The monoisotopic (exact) mass is 607 g/mol. The molecule has 47 heavy (non-hydrogen) atoms. The van der Waals surface area contributed by atoms with Gasteiger partial charge in [0.25, 0.3) is 5.69 Å². The number of H-pyrrole nitrogens is 2. The van der Waals surface area contributed by atoms with E-state index in [0.29, 0.717) is 22.5 Å². The predicted molar refractivity (Wildman–Crippen MR) is 189 cm³/mol. The maximum Gasteiger partial charge on any atom is 0.269 e. The molecule has 0 fully saturated rings. The lowest BCUT2D eigenvalue weighted by Crippen LogP contribution is -1.91. The molecule has 0 saturated carbocycles. The summed E-state index contributed by atoms with van der Waals surface area (Å²) < 4.78 is 0. The van der Waals surface area contributed by atoms with E-state index in [-0.39, 0.29) is 5.69 Å². The second-order valence-corrected chi connectivity index (χ2v) is 11.1. The zero-order chi connectivity index (χ0) is 31.7. The van der Waals surface area contributed by atoms with Crippen LogP contribution in [0.3, 0.4) is 0 Å². The third kappa shape index (κ3) is 5.41. The number of hydrogen-bond donors (Lipinski definition) is 2. The number of fused-ring (bicyclic) bond motifs is 8. The maximum atomic E-state index is 11.2. The van der Waals surface area contributed by atoms with Crippen LogP contribution in [0.1, 0.15) is 33.9 Å². The molecule has 0 atom stereocenters. The van der Waals surface area contributed by atoms with Crippen LogP contribution < -0.4 is 0 Å². The van der Waals surface area contributed by atoms with Crippen LogP contribution in [-0.4, -0.2) is 24.9 Å². The summed E-state index contributed by atoms with van der Waals surface area (Å²) in [7, 11) is 0. The molecule has 0 saturated heterocycles. The quantitative estimate of drug-likeness (QED) is 0.119. The topological polar surface area (TPSA) is 100 Å². The van der Waals surface area contributed by atoms with Crippen molar-refractivity contribution in [1.82, 2.24) is 19.9 Å². The number of benzene rings is 3. The molecule has 0 amide bonds. The Morgan fingerprint density at radius 2 is 1.04 bits per heavy atom. The maximum absolute atomic E-state index is 11.2. The highest BCUT2D eigenvalue weighted by atomic mass is 16.6. The zero-order valence-corrected chi connectivity index (χ0v) is 24.9. The molecule has 6 aromatic rings. The van der Waals surface area contributed by atoms with Crippen molar-refractivity contribution in [3.63, 3.8) is 0 Å². The number of nitro benzene ring substituents is 1. The summed E-state index contributed by atoms with van der Waals surface area (Å²) in [6.07, 6.45) is 7.96. The molecule has 5 heterocycles. The molecule has 8 rings (SSSR count). The molecule has 2 aliphatic rings. The summed E-state index contributed by atoms with van der Waals surface area (Å²) in [5.74, 6) is 6.52. The number of nitrogens with zero attached hydrogens (tertiary/aromatic N) is 3. The van der Waals surface area contributed by atoms with Gasteiger partial charge in [0.1, 0.15) is 0 Å². The van der Waals surface area contributed by atoms with Gasteiger partial charge in [-0.2, -0.15) is 0 Å². The fourth-order valence-electron chi connectivity index (χ4n) is 5.89. The minimum Gasteiger partial charge on any atom is -0.355 e. The minimum atomic E-state index is -0.418. The molecule has 8 bridgehead atoms. The Kier molecular flexibility index (Phi) is 6.86. The lowest BCUT2D eigenvalue weighted by molar-refractivity contribution is -0.384. The standard InChI is InChI=1S/C40H25N5O2/c46-45(47)31-16-11-26(12-17-31)13-18-32-33-21-23-37(43-33)39(27-7-3-1-4-8-27)35-19-14-29(41-35)25-30-15-20-36(42-30)40(28-9-5-2-6-10-28)38-24-22-34(32)44-38/h1-12,14-17,19-25,41-42H. The van der Waals surface area contributed by atoms with Gasteiger partial charge in [-0.25, -0.2) is 9.97 Å². The number of nitrogens with one attached hydrogen (secondary N) is 2. The van der Waals surface area contributed by atoms with Gasteiger partial charge in [-0.3, -0.25) is 10.1 Å². The summed E-state index contributed by atoms with van der Waals surface area (Å²) in [5.41, 5.74) is 12.1. The molecular formula is C40H25N5O2. The molecule has 222 valence electrons. The summed E-state index contributed by atoms with van der Waals surface area (Å²) >= 11 is 0. The van der Waals surface area contributed by atoms with Gasteiger partial charge in [0.05, 0.1) is 33.3 Å². The molecule has 0 spiro atoms. The van der Waals surface area contributed by atoms with E-state index >= 15 is 0 Å². The third-order valence-corrected chi connectivity index (χ3v) is 8.11. The molecule has 3 aromatic carbocycles. The van der Waals surface area contributed by atoms with E-state index < -0.39 is 4.92 Å². The molecule has 0 unspecified atom stereocenters. The summed E-state index contributed by atoms with van der Waals surface area (Å²) in [6, 6.07) is 37.0. The Balaban J connectivity index is 1.46. The number of rotatable bonds is 3. The Morgan fingerprint density at radius 3 is 1.53 bits per heavy atom. The smallest absolute Gasteiger partial charge is 0.269 e.